The second kappa shape index (κ2) is 5.20. The molecule has 1 fully saturated rings. The Morgan fingerprint density at radius 1 is 1.10 bits per heavy atom. The summed E-state index contributed by atoms with van der Waals surface area (Å²) in [6.07, 6.45) is 4.60. The summed E-state index contributed by atoms with van der Waals surface area (Å²) in [6, 6.07) is 7.42. The number of allylic oxidation sites excluding steroid dienone is 2. The predicted octanol–water partition coefficient (Wildman–Crippen LogP) is 1.42. The van der Waals surface area contributed by atoms with Gasteiger partial charge >= 0.3 is 0 Å². The highest BCUT2D eigenvalue weighted by Gasteiger charge is 2.48. The Balaban J connectivity index is 1.78. The van der Waals surface area contributed by atoms with Gasteiger partial charge in [-0.15, -0.1) is 0 Å². The number of halogens is 1. The molecule has 1 saturated carbocycles. The van der Waals surface area contributed by atoms with Crippen LogP contribution in [0.25, 0.3) is 0 Å². The summed E-state index contributed by atoms with van der Waals surface area (Å²) in [5.41, 5.74) is 0.694. The molecule has 0 unspecified atom stereocenters. The zero-order valence-electron chi connectivity index (χ0n) is 10.6. The minimum absolute atomic E-state index is 0.0201. The number of carboxylic acid groups (broad SMARTS) is 1. The molecule has 2 aliphatic rings. The molecule has 0 saturated heterocycles. The minimum Gasteiger partial charge on any atom is -0.550 e. The number of amides is 1. The highest BCUT2D eigenvalue weighted by Crippen LogP contribution is 2.48. The van der Waals surface area contributed by atoms with Crippen LogP contribution in [-0.2, 0) is 9.59 Å². The van der Waals surface area contributed by atoms with E-state index in [0.29, 0.717) is 5.69 Å². The molecule has 0 aromatic heterocycles. The molecule has 5 heteroatoms. The van der Waals surface area contributed by atoms with Gasteiger partial charge in [0.05, 0.1) is 5.92 Å². The highest BCUT2D eigenvalue weighted by atomic mass is 127. The van der Waals surface area contributed by atoms with Crippen LogP contribution in [0, 0.1) is 27.2 Å². The SMILES string of the molecule is O=C([O-])[C@H]1[C@H](C(=O)Nc2ccc(I)cc2)[C@H]2C=C[C@@H]1C2. The van der Waals surface area contributed by atoms with Crippen molar-refractivity contribution in [3.05, 3.63) is 40.0 Å². The molecule has 104 valence electrons. The fourth-order valence-electron chi connectivity index (χ4n) is 3.26. The zero-order valence-corrected chi connectivity index (χ0v) is 12.7. The molecular weight excluding hydrogens is 369 g/mol. The van der Waals surface area contributed by atoms with E-state index >= 15 is 0 Å². The quantitative estimate of drug-likeness (QED) is 0.635. The number of carboxylic acids is 1. The predicted molar refractivity (Wildman–Crippen MR) is 80.5 cm³/mol. The van der Waals surface area contributed by atoms with E-state index in [1.54, 1.807) is 0 Å². The van der Waals surface area contributed by atoms with E-state index in [0.717, 1.165) is 9.99 Å². The Morgan fingerprint density at radius 3 is 2.30 bits per heavy atom. The summed E-state index contributed by atoms with van der Waals surface area (Å²) in [4.78, 5) is 23.6. The van der Waals surface area contributed by atoms with Crippen LogP contribution in [0.15, 0.2) is 36.4 Å². The first-order chi connectivity index (χ1) is 9.56. The summed E-state index contributed by atoms with van der Waals surface area (Å²) in [5.74, 6) is -2.60. The fourth-order valence-corrected chi connectivity index (χ4v) is 3.62. The molecule has 1 aromatic rings. The van der Waals surface area contributed by atoms with Gasteiger partial charge in [-0.2, -0.15) is 0 Å². The molecule has 2 aliphatic carbocycles. The lowest BCUT2D eigenvalue weighted by Gasteiger charge is -2.27. The van der Waals surface area contributed by atoms with Crippen LogP contribution in [0.4, 0.5) is 5.69 Å². The van der Waals surface area contributed by atoms with Gasteiger partial charge in [0, 0.05) is 21.1 Å². The van der Waals surface area contributed by atoms with E-state index < -0.39 is 17.8 Å². The van der Waals surface area contributed by atoms with E-state index in [1.807, 2.05) is 36.4 Å². The molecule has 0 radical (unpaired) electrons. The van der Waals surface area contributed by atoms with Gasteiger partial charge in [0.1, 0.15) is 0 Å². The lowest BCUT2D eigenvalue weighted by atomic mass is 9.82. The van der Waals surface area contributed by atoms with E-state index in [-0.39, 0.29) is 17.7 Å². The summed E-state index contributed by atoms with van der Waals surface area (Å²) >= 11 is 2.19. The van der Waals surface area contributed by atoms with Crippen molar-refractivity contribution in [2.45, 2.75) is 6.42 Å². The third-order valence-electron chi connectivity index (χ3n) is 4.15. The number of anilines is 1. The molecule has 0 heterocycles. The number of hydrogen-bond acceptors (Lipinski definition) is 3. The molecule has 3 rings (SSSR count). The fraction of sp³-hybridized carbons (Fsp3) is 0.333. The van der Waals surface area contributed by atoms with Crippen molar-refractivity contribution >= 4 is 40.2 Å². The van der Waals surface area contributed by atoms with Gasteiger partial charge in [0.15, 0.2) is 0 Å². The van der Waals surface area contributed by atoms with E-state index in [9.17, 15) is 14.7 Å². The van der Waals surface area contributed by atoms with Crippen molar-refractivity contribution in [2.24, 2.45) is 23.7 Å². The molecule has 4 nitrogen and oxygen atoms in total. The average molecular weight is 382 g/mol. The van der Waals surface area contributed by atoms with Crippen LogP contribution in [0.2, 0.25) is 0 Å². The Kier molecular flexibility index (Phi) is 3.54. The normalized spacial score (nSPS) is 30.4. The second-order valence-electron chi connectivity index (χ2n) is 5.32. The van der Waals surface area contributed by atoms with Crippen molar-refractivity contribution in [3.63, 3.8) is 0 Å². The summed E-state index contributed by atoms with van der Waals surface area (Å²) in [6.45, 7) is 0. The molecule has 1 amide bonds. The lowest BCUT2D eigenvalue weighted by Crippen LogP contribution is -2.42. The van der Waals surface area contributed by atoms with Crippen LogP contribution in [0.3, 0.4) is 0 Å². The molecule has 4 atom stereocenters. The monoisotopic (exact) mass is 382 g/mol. The van der Waals surface area contributed by atoms with Crippen molar-refractivity contribution < 1.29 is 14.7 Å². The Hall–Kier alpha value is -1.37. The maximum Gasteiger partial charge on any atom is 0.228 e. The molecule has 1 N–H and O–H groups in total. The third kappa shape index (κ3) is 2.34. The van der Waals surface area contributed by atoms with Gasteiger partial charge in [0.2, 0.25) is 5.91 Å². The Morgan fingerprint density at radius 2 is 1.70 bits per heavy atom. The number of carbonyl (C=O) groups excluding carboxylic acids is 2. The first-order valence-corrected chi connectivity index (χ1v) is 7.60. The number of nitrogens with one attached hydrogen (secondary N) is 1. The van der Waals surface area contributed by atoms with Crippen molar-refractivity contribution in [3.8, 4) is 0 Å². The first-order valence-electron chi connectivity index (χ1n) is 6.52. The van der Waals surface area contributed by atoms with E-state index in [4.69, 9.17) is 0 Å². The summed E-state index contributed by atoms with van der Waals surface area (Å²) in [5, 5.41) is 14.1. The zero-order chi connectivity index (χ0) is 14.3. The summed E-state index contributed by atoms with van der Waals surface area (Å²) < 4.78 is 1.08. The molecule has 20 heavy (non-hydrogen) atoms. The number of hydrogen-bond donors (Lipinski definition) is 1. The van der Waals surface area contributed by atoms with Crippen LogP contribution in [0.5, 0.6) is 0 Å². The number of fused-ring (bicyclic) bond motifs is 2. The van der Waals surface area contributed by atoms with Gasteiger partial charge in [0.25, 0.3) is 0 Å². The lowest BCUT2D eigenvalue weighted by molar-refractivity contribution is -0.313. The smallest absolute Gasteiger partial charge is 0.228 e. The van der Waals surface area contributed by atoms with Crippen molar-refractivity contribution in [1.82, 2.24) is 0 Å². The van der Waals surface area contributed by atoms with Gasteiger partial charge in [-0.05, 0) is 65.1 Å². The molecular formula is C15H13INO3-. The second-order valence-corrected chi connectivity index (χ2v) is 6.56. The van der Waals surface area contributed by atoms with E-state index in [1.165, 1.54) is 0 Å². The van der Waals surface area contributed by atoms with Gasteiger partial charge in [-0.1, -0.05) is 12.2 Å². The molecule has 0 spiro atoms. The van der Waals surface area contributed by atoms with Crippen molar-refractivity contribution in [2.75, 3.05) is 5.32 Å². The van der Waals surface area contributed by atoms with Gasteiger partial charge < -0.3 is 15.2 Å². The number of benzene rings is 1. The van der Waals surface area contributed by atoms with E-state index in [2.05, 4.69) is 27.9 Å². The summed E-state index contributed by atoms with van der Waals surface area (Å²) in [7, 11) is 0. The molecule has 2 bridgehead atoms. The average Bonchev–Trinajstić information content (AvgIpc) is 3.01. The van der Waals surface area contributed by atoms with Crippen LogP contribution in [0.1, 0.15) is 6.42 Å². The number of rotatable bonds is 3. The van der Waals surface area contributed by atoms with Gasteiger partial charge in [-0.3, -0.25) is 4.79 Å². The highest BCUT2D eigenvalue weighted by molar-refractivity contribution is 14.1. The van der Waals surface area contributed by atoms with Crippen molar-refractivity contribution in [1.29, 1.82) is 0 Å². The van der Waals surface area contributed by atoms with Gasteiger partial charge in [-0.25, -0.2) is 0 Å². The molecule has 0 aliphatic heterocycles. The third-order valence-corrected chi connectivity index (χ3v) is 4.87. The Bertz CT molecular complexity index is 581. The maximum atomic E-state index is 12.4. The Labute approximate surface area is 130 Å². The number of carbonyl (C=O) groups is 2. The van der Waals surface area contributed by atoms with Crippen LogP contribution < -0.4 is 10.4 Å². The largest absolute Gasteiger partial charge is 0.550 e. The van der Waals surface area contributed by atoms with Crippen LogP contribution >= 0.6 is 22.6 Å². The maximum absolute atomic E-state index is 12.4. The van der Waals surface area contributed by atoms with Crippen LogP contribution in [-0.4, -0.2) is 11.9 Å². The molecule has 1 aromatic carbocycles. The standard InChI is InChI=1S/C15H14INO3/c16-10-3-5-11(6-4-10)17-14(18)12-8-1-2-9(7-8)13(12)15(19)20/h1-6,8-9,12-13H,7H2,(H,17,18)(H,19,20)/p-1/t8-,9+,12+,13+/m0/s1. The topological polar surface area (TPSA) is 69.2 Å². The first kappa shape index (κ1) is 13.6. The number of aliphatic carboxylic acids is 1. The minimum atomic E-state index is -1.12.